The van der Waals surface area contributed by atoms with Crippen LogP contribution < -0.4 is 5.32 Å². The SMILES string of the molecule is Cc1nc(CNCc2cncc3ccccc23)oc1C. The van der Waals surface area contributed by atoms with Crippen molar-refractivity contribution >= 4 is 10.8 Å². The van der Waals surface area contributed by atoms with Gasteiger partial charge in [-0.1, -0.05) is 24.3 Å². The molecule has 1 N–H and O–H groups in total. The van der Waals surface area contributed by atoms with Gasteiger partial charge in [-0.15, -0.1) is 0 Å². The first-order chi connectivity index (χ1) is 9.74. The first kappa shape index (κ1) is 12.8. The summed E-state index contributed by atoms with van der Waals surface area (Å²) in [6, 6.07) is 8.27. The smallest absolute Gasteiger partial charge is 0.208 e. The number of nitrogens with one attached hydrogen (secondary N) is 1. The molecule has 0 bridgehead atoms. The van der Waals surface area contributed by atoms with Crippen LogP contribution in [0.5, 0.6) is 0 Å². The zero-order valence-corrected chi connectivity index (χ0v) is 11.7. The second kappa shape index (κ2) is 5.43. The molecule has 0 aliphatic heterocycles. The van der Waals surface area contributed by atoms with E-state index >= 15 is 0 Å². The summed E-state index contributed by atoms with van der Waals surface area (Å²) in [5.74, 6) is 1.61. The number of benzene rings is 1. The van der Waals surface area contributed by atoms with Crippen LogP contribution in [0.2, 0.25) is 0 Å². The standard InChI is InChI=1S/C16H17N3O/c1-11-12(2)20-16(19-11)10-18-9-14-8-17-7-13-5-3-4-6-15(13)14/h3-8,18H,9-10H2,1-2H3. The van der Waals surface area contributed by atoms with Gasteiger partial charge in [-0.2, -0.15) is 0 Å². The monoisotopic (exact) mass is 267 g/mol. The van der Waals surface area contributed by atoms with E-state index in [2.05, 4.69) is 27.4 Å². The van der Waals surface area contributed by atoms with Crippen LogP contribution in [0.15, 0.2) is 41.1 Å². The minimum absolute atomic E-state index is 0.623. The van der Waals surface area contributed by atoms with Crippen molar-refractivity contribution in [2.24, 2.45) is 0 Å². The van der Waals surface area contributed by atoms with Gasteiger partial charge in [0.2, 0.25) is 5.89 Å². The molecule has 0 unspecified atom stereocenters. The molecule has 0 atom stereocenters. The number of aromatic nitrogens is 2. The zero-order valence-electron chi connectivity index (χ0n) is 11.7. The van der Waals surface area contributed by atoms with Crippen LogP contribution in [0, 0.1) is 13.8 Å². The zero-order chi connectivity index (χ0) is 13.9. The third-order valence-electron chi connectivity index (χ3n) is 3.42. The normalized spacial score (nSPS) is 11.1. The van der Waals surface area contributed by atoms with E-state index in [-0.39, 0.29) is 0 Å². The molecule has 2 heterocycles. The summed E-state index contributed by atoms with van der Waals surface area (Å²) in [7, 11) is 0. The number of nitrogens with zero attached hydrogens (tertiary/aromatic N) is 2. The molecule has 102 valence electrons. The molecular weight excluding hydrogens is 250 g/mol. The Bertz CT molecular complexity index is 709. The summed E-state index contributed by atoms with van der Waals surface area (Å²) >= 11 is 0. The summed E-state index contributed by atoms with van der Waals surface area (Å²) in [6.07, 6.45) is 3.79. The fourth-order valence-corrected chi connectivity index (χ4v) is 2.24. The summed E-state index contributed by atoms with van der Waals surface area (Å²) < 4.78 is 5.55. The summed E-state index contributed by atoms with van der Waals surface area (Å²) in [6.45, 7) is 5.25. The predicted molar refractivity (Wildman–Crippen MR) is 78.3 cm³/mol. The van der Waals surface area contributed by atoms with Gasteiger partial charge in [0.25, 0.3) is 0 Å². The van der Waals surface area contributed by atoms with Crippen LogP contribution in [0.1, 0.15) is 22.9 Å². The minimum atomic E-state index is 0.623. The quantitative estimate of drug-likeness (QED) is 0.789. The van der Waals surface area contributed by atoms with Gasteiger partial charge in [-0.25, -0.2) is 4.98 Å². The molecule has 0 aliphatic rings. The van der Waals surface area contributed by atoms with Gasteiger partial charge in [0.15, 0.2) is 0 Å². The van der Waals surface area contributed by atoms with E-state index in [9.17, 15) is 0 Å². The summed E-state index contributed by atoms with van der Waals surface area (Å²) in [5.41, 5.74) is 2.14. The van der Waals surface area contributed by atoms with E-state index in [0.29, 0.717) is 6.54 Å². The van der Waals surface area contributed by atoms with Gasteiger partial charge in [0.05, 0.1) is 12.2 Å². The second-order valence-corrected chi connectivity index (χ2v) is 4.87. The molecular formula is C16H17N3O. The third-order valence-corrected chi connectivity index (χ3v) is 3.42. The second-order valence-electron chi connectivity index (χ2n) is 4.87. The summed E-state index contributed by atoms with van der Waals surface area (Å²) in [4.78, 5) is 8.64. The first-order valence-electron chi connectivity index (χ1n) is 6.69. The molecule has 3 aromatic rings. The molecule has 4 heteroatoms. The van der Waals surface area contributed by atoms with Crippen LogP contribution >= 0.6 is 0 Å². The van der Waals surface area contributed by atoms with E-state index in [0.717, 1.165) is 29.3 Å². The van der Waals surface area contributed by atoms with E-state index in [1.54, 1.807) is 0 Å². The first-order valence-corrected chi connectivity index (χ1v) is 6.69. The molecule has 3 rings (SSSR count). The number of fused-ring (bicyclic) bond motifs is 1. The van der Waals surface area contributed by atoms with Crippen molar-refractivity contribution in [2.75, 3.05) is 0 Å². The van der Waals surface area contributed by atoms with Gasteiger partial charge < -0.3 is 9.73 Å². The maximum atomic E-state index is 5.55. The van der Waals surface area contributed by atoms with Crippen molar-refractivity contribution in [3.8, 4) is 0 Å². The van der Waals surface area contributed by atoms with E-state index in [4.69, 9.17) is 4.42 Å². The third kappa shape index (κ3) is 2.56. The van der Waals surface area contributed by atoms with Crippen molar-refractivity contribution in [3.05, 3.63) is 59.6 Å². The van der Waals surface area contributed by atoms with E-state index < -0.39 is 0 Å². The number of hydrogen-bond acceptors (Lipinski definition) is 4. The van der Waals surface area contributed by atoms with E-state index in [1.165, 1.54) is 10.9 Å². The van der Waals surface area contributed by atoms with E-state index in [1.807, 2.05) is 38.4 Å². The molecule has 0 radical (unpaired) electrons. The van der Waals surface area contributed by atoms with Crippen molar-refractivity contribution in [1.29, 1.82) is 0 Å². The van der Waals surface area contributed by atoms with Crippen LogP contribution in [-0.4, -0.2) is 9.97 Å². The molecule has 0 saturated heterocycles. The average molecular weight is 267 g/mol. The Morgan fingerprint density at radius 1 is 1.10 bits per heavy atom. The maximum Gasteiger partial charge on any atom is 0.208 e. The fourth-order valence-electron chi connectivity index (χ4n) is 2.24. The largest absolute Gasteiger partial charge is 0.444 e. The highest BCUT2D eigenvalue weighted by Gasteiger charge is 2.05. The lowest BCUT2D eigenvalue weighted by molar-refractivity contribution is 0.449. The van der Waals surface area contributed by atoms with Crippen molar-refractivity contribution in [1.82, 2.24) is 15.3 Å². The molecule has 1 aromatic carbocycles. The lowest BCUT2D eigenvalue weighted by atomic mass is 10.1. The van der Waals surface area contributed by atoms with Gasteiger partial charge in [0, 0.05) is 24.3 Å². The predicted octanol–water partition coefficient (Wildman–Crippen LogP) is 3.13. The van der Waals surface area contributed by atoms with Gasteiger partial charge in [-0.05, 0) is 24.8 Å². The number of oxazole rings is 1. The minimum Gasteiger partial charge on any atom is -0.444 e. The van der Waals surface area contributed by atoms with Crippen molar-refractivity contribution < 1.29 is 4.42 Å². The van der Waals surface area contributed by atoms with Crippen LogP contribution in [-0.2, 0) is 13.1 Å². The number of rotatable bonds is 4. The molecule has 0 amide bonds. The highest BCUT2D eigenvalue weighted by atomic mass is 16.4. The highest BCUT2D eigenvalue weighted by Crippen LogP contribution is 2.17. The van der Waals surface area contributed by atoms with Crippen LogP contribution in [0.25, 0.3) is 10.8 Å². The number of hydrogen-bond donors (Lipinski definition) is 1. The number of pyridine rings is 1. The van der Waals surface area contributed by atoms with Crippen molar-refractivity contribution in [3.63, 3.8) is 0 Å². The van der Waals surface area contributed by atoms with Gasteiger partial charge in [0.1, 0.15) is 5.76 Å². The fraction of sp³-hybridized carbons (Fsp3) is 0.250. The Kier molecular flexibility index (Phi) is 3.48. The molecule has 4 nitrogen and oxygen atoms in total. The Hall–Kier alpha value is -2.20. The molecule has 0 spiro atoms. The molecule has 20 heavy (non-hydrogen) atoms. The highest BCUT2D eigenvalue weighted by molar-refractivity contribution is 5.84. The maximum absolute atomic E-state index is 5.55. The Morgan fingerprint density at radius 3 is 2.75 bits per heavy atom. The molecule has 0 aliphatic carbocycles. The average Bonchev–Trinajstić information content (AvgIpc) is 2.78. The van der Waals surface area contributed by atoms with Gasteiger partial charge >= 0.3 is 0 Å². The van der Waals surface area contributed by atoms with Crippen LogP contribution in [0.3, 0.4) is 0 Å². The Labute approximate surface area is 117 Å². The molecule has 0 saturated carbocycles. The van der Waals surface area contributed by atoms with Crippen LogP contribution in [0.4, 0.5) is 0 Å². The molecule has 2 aromatic heterocycles. The topological polar surface area (TPSA) is 51.0 Å². The molecule has 0 fully saturated rings. The lowest BCUT2D eigenvalue weighted by Gasteiger charge is -2.06. The summed E-state index contributed by atoms with van der Waals surface area (Å²) in [5, 5.41) is 5.75. The lowest BCUT2D eigenvalue weighted by Crippen LogP contribution is -2.13. The number of aryl methyl sites for hydroxylation is 2. The van der Waals surface area contributed by atoms with Crippen molar-refractivity contribution in [2.45, 2.75) is 26.9 Å². The van der Waals surface area contributed by atoms with Gasteiger partial charge in [-0.3, -0.25) is 4.98 Å². The Morgan fingerprint density at radius 2 is 1.95 bits per heavy atom. The Balaban J connectivity index is 1.71.